The lowest BCUT2D eigenvalue weighted by molar-refractivity contribution is -0.113. The summed E-state index contributed by atoms with van der Waals surface area (Å²) in [6, 6.07) is 6.68. The lowest BCUT2D eigenvalue weighted by Crippen LogP contribution is -2.18. The summed E-state index contributed by atoms with van der Waals surface area (Å²) < 4.78 is 0. The number of amides is 2. The van der Waals surface area contributed by atoms with E-state index in [9.17, 15) is 14.5 Å². The molecule has 1 aromatic heterocycles. The van der Waals surface area contributed by atoms with Gasteiger partial charge in [-0.3, -0.25) is 9.59 Å². The first-order chi connectivity index (χ1) is 11.6. The molecule has 3 rings (SSSR count). The number of carbonyl (C=O) groups excluding carboxylic acids is 2. The predicted octanol–water partition coefficient (Wildman–Crippen LogP) is 3.46. The number of nitroso groups, excluding NO2 is 1. The first-order valence-corrected chi connectivity index (χ1v) is 9.19. The number of nitrogens with zero attached hydrogens (tertiary/aromatic N) is 1. The minimum absolute atomic E-state index is 0.194. The summed E-state index contributed by atoms with van der Waals surface area (Å²) in [5.41, 5.74) is 7.28. The molecule has 1 heterocycles. The van der Waals surface area contributed by atoms with Crippen molar-refractivity contribution in [3.05, 3.63) is 45.2 Å². The third-order valence-corrected chi connectivity index (χ3v) is 5.95. The molecule has 0 spiro atoms. The van der Waals surface area contributed by atoms with E-state index in [0.29, 0.717) is 16.3 Å². The molecular weight excluding hydrogens is 346 g/mol. The van der Waals surface area contributed by atoms with Crippen molar-refractivity contribution in [1.29, 1.82) is 0 Å². The van der Waals surface area contributed by atoms with Gasteiger partial charge in [0.25, 0.3) is 5.91 Å². The van der Waals surface area contributed by atoms with Gasteiger partial charge in [-0.05, 0) is 54.3 Å². The number of carbonyl (C=O) groups is 2. The molecule has 1 aliphatic rings. The number of thioether (sulfide) groups is 1. The quantitative estimate of drug-likeness (QED) is 0.607. The highest BCUT2D eigenvalue weighted by molar-refractivity contribution is 8.00. The third kappa shape index (κ3) is 3.49. The smallest absolute Gasteiger partial charge is 0.251 e. The minimum atomic E-state index is -0.491. The Morgan fingerprint density at radius 1 is 1.25 bits per heavy atom. The highest BCUT2D eigenvalue weighted by Crippen LogP contribution is 2.38. The maximum atomic E-state index is 12.2. The highest BCUT2D eigenvalue weighted by Gasteiger charge is 2.26. The fourth-order valence-corrected chi connectivity index (χ4v) is 4.68. The maximum absolute atomic E-state index is 12.2. The molecule has 124 valence electrons. The van der Waals surface area contributed by atoms with E-state index < -0.39 is 5.91 Å². The topological polar surface area (TPSA) is 102 Å². The molecule has 0 unspecified atom stereocenters. The fraction of sp³-hybridized carbons (Fsp3) is 0.250. The van der Waals surface area contributed by atoms with Gasteiger partial charge < -0.3 is 11.1 Å². The monoisotopic (exact) mass is 361 g/mol. The van der Waals surface area contributed by atoms with E-state index in [2.05, 4.69) is 10.5 Å². The molecule has 0 radical (unpaired) electrons. The predicted molar refractivity (Wildman–Crippen MR) is 96.1 cm³/mol. The number of hydrogen-bond acceptors (Lipinski definition) is 6. The van der Waals surface area contributed by atoms with Gasteiger partial charge in [0.1, 0.15) is 10.7 Å². The van der Waals surface area contributed by atoms with Crippen LogP contribution in [0.5, 0.6) is 0 Å². The molecule has 3 N–H and O–H groups in total. The number of nitrogens with two attached hydrogens (primary N) is 1. The first-order valence-electron chi connectivity index (χ1n) is 7.39. The Morgan fingerprint density at radius 2 is 2.00 bits per heavy atom. The number of aryl methyl sites for hydroxylation is 1. The van der Waals surface area contributed by atoms with Gasteiger partial charge in [-0.2, -0.15) is 0 Å². The molecule has 0 aliphatic heterocycles. The van der Waals surface area contributed by atoms with E-state index in [1.807, 2.05) is 0 Å². The number of thiophene rings is 1. The minimum Gasteiger partial charge on any atom is -0.365 e. The van der Waals surface area contributed by atoms with Gasteiger partial charge in [0, 0.05) is 9.77 Å². The standard InChI is InChI=1S/C16H15N3O3S2/c17-15(21)14-11-2-1-3-12(11)24-16(14)18-13(20)8-23-10-6-4-9(19-22)5-7-10/h4-7H,1-3,8H2,(H2,17,21)(H,18,20). The van der Waals surface area contributed by atoms with E-state index >= 15 is 0 Å². The Labute approximate surface area is 146 Å². The van der Waals surface area contributed by atoms with Crippen LogP contribution in [0, 0.1) is 4.91 Å². The number of fused-ring (bicyclic) bond motifs is 1. The van der Waals surface area contributed by atoms with Gasteiger partial charge in [-0.15, -0.1) is 28.0 Å². The van der Waals surface area contributed by atoms with Crippen molar-refractivity contribution >= 4 is 45.6 Å². The van der Waals surface area contributed by atoms with Crippen LogP contribution in [-0.2, 0) is 17.6 Å². The van der Waals surface area contributed by atoms with Crippen molar-refractivity contribution < 1.29 is 9.59 Å². The van der Waals surface area contributed by atoms with E-state index in [-0.39, 0.29) is 11.7 Å². The summed E-state index contributed by atoms with van der Waals surface area (Å²) in [5.74, 6) is -0.483. The van der Waals surface area contributed by atoms with Crippen LogP contribution >= 0.6 is 23.1 Å². The average molecular weight is 361 g/mol. The van der Waals surface area contributed by atoms with Crippen LogP contribution in [0.15, 0.2) is 34.3 Å². The molecule has 0 saturated heterocycles. The SMILES string of the molecule is NC(=O)c1c(NC(=O)CSc2ccc(N=O)cc2)sc2c1CCC2. The highest BCUT2D eigenvalue weighted by atomic mass is 32.2. The van der Waals surface area contributed by atoms with Crippen molar-refractivity contribution in [2.24, 2.45) is 10.9 Å². The van der Waals surface area contributed by atoms with Gasteiger partial charge >= 0.3 is 0 Å². The van der Waals surface area contributed by atoms with Crippen LogP contribution in [0.2, 0.25) is 0 Å². The zero-order valence-electron chi connectivity index (χ0n) is 12.7. The molecule has 24 heavy (non-hydrogen) atoms. The molecule has 8 heteroatoms. The van der Waals surface area contributed by atoms with Crippen LogP contribution in [0.3, 0.4) is 0 Å². The third-order valence-electron chi connectivity index (χ3n) is 3.73. The number of benzene rings is 1. The van der Waals surface area contributed by atoms with Gasteiger partial charge in [0.2, 0.25) is 5.91 Å². The Kier molecular flexibility index (Phi) is 4.96. The Hall–Kier alpha value is -2.19. The average Bonchev–Trinajstić information content (AvgIpc) is 3.13. The zero-order chi connectivity index (χ0) is 17.1. The lowest BCUT2D eigenvalue weighted by atomic mass is 10.1. The molecule has 0 saturated carbocycles. The maximum Gasteiger partial charge on any atom is 0.251 e. The summed E-state index contributed by atoms with van der Waals surface area (Å²) in [6.07, 6.45) is 2.80. The molecule has 0 atom stereocenters. The molecule has 0 fully saturated rings. The molecule has 0 bridgehead atoms. The number of rotatable bonds is 6. The molecular formula is C16H15N3O3S2. The first kappa shape index (κ1) is 16.7. The zero-order valence-corrected chi connectivity index (χ0v) is 14.3. The second-order valence-corrected chi connectivity index (χ2v) is 7.50. The van der Waals surface area contributed by atoms with Crippen LogP contribution in [0.4, 0.5) is 10.7 Å². The van der Waals surface area contributed by atoms with Crippen LogP contribution < -0.4 is 11.1 Å². The van der Waals surface area contributed by atoms with Gasteiger partial charge in [-0.25, -0.2) is 0 Å². The van der Waals surface area contributed by atoms with E-state index in [1.54, 1.807) is 24.3 Å². The summed E-state index contributed by atoms with van der Waals surface area (Å²) in [5, 5.41) is 6.19. The second-order valence-electron chi connectivity index (χ2n) is 5.35. The normalized spacial score (nSPS) is 12.7. The van der Waals surface area contributed by atoms with Gasteiger partial charge in [0.05, 0.1) is 11.3 Å². The van der Waals surface area contributed by atoms with Crippen molar-refractivity contribution in [3.8, 4) is 0 Å². The molecule has 2 aromatic rings. The second kappa shape index (κ2) is 7.14. The Morgan fingerprint density at radius 3 is 2.67 bits per heavy atom. The molecule has 6 nitrogen and oxygen atoms in total. The summed E-state index contributed by atoms with van der Waals surface area (Å²) in [4.78, 5) is 36.2. The van der Waals surface area contributed by atoms with Crippen LogP contribution in [0.1, 0.15) is 27.2 Å². The summed E-state index contributed by atoms with van der Waals surface area (Å²) in [7, 11) is 0. The van der Waals surface area contributed by atoms with Crippen molar-refractivity contribution in [1.82, 2.24) is 0 Å². The summed E-state index contributed by atoms with van der Waals surface area (Å²) >= 11 is 2.79. The van der Waals surface area contributed by atoms with Crippen LogP contribution in [-0.4, -0.2) is 17.6 Å². The largest absolute Gasteiger partial charge is 0.365 e. The van der Waals surface area contributed by atoms with Crippen molar-refractivity contribution in [3.63, 3.8) is 0 Å². The number of primary amides is 1. The van der Waals surface area contributed by atoms with Crippen LogP contribution in [0.25, 0.3) is 0 Å². The molecule has 1 aromatic carbocycles. The Bertz CT molecular complexity index is 800. The van der Waals surface area contributed by atoms with Crippen molar-refractivity contribution in [2.45, 2.75) is 24.2 Å². The molecule has 1 aliphatic carbocycles. The van der Waals surface area contributed by atoms with Crippen molar-refractivity contribution in [2.75, 3.05) is 11.1 Å². The van der Waals surface area contributed by atoms with Gasteiger partial charge in [0.15, 0.2) is 0 Å². The molecule has 2 amide bonds. The Balaban J connectivity index is 1.64. The number of hydrogen-bond donors (Lipinski definition) is 2. The summed E-state index contributed by atoms with van der Waals surface area (Å²) in [6.45, 7) is 0. The number of anilines is 1. The lowest BCUT2D eigenvalue weighted by Gasteiger charge is -2.06. The van der Waals surface area contributed by atoms with E-state index in [0.717, 1.165) is 34.6 Å². The van der Waals surface area contributed by atoms with Gasteiger partial charge in [-0.1, -0.05) is 0 Å². The fourth-order valence-electron chi connectivity index (χ4n) is 2.67. The van der Waals surface area contributed by atoms with E-state index in [1.165, 1.54) is 23.1 Å². The van der Waals surface area contributed by atoms with E-state index in [4.69, 9.17) is 5.73 Å². The number of nitrogens with one attached hydrogen (secondary N) is 1.